The maximum Gasteiger partial charge on any atom is 0.338 e. The molecule has 3 aliphatic rings. The Bertz CT molecular complexity index is 956. The van der Waals surface area contributed by atoms with Gasteiger partial charge < -0.3 is 9.47 Å². The van der Waals surface area contributed by atoms with Crippen LogP contribution in [0.15, 0.2) is 60.7 Å². The van der Waals surface area contributed by atoms with Crippen LogP contribution >= 0.6 is 0 Å². The first-order valence-electron chi connectivity index (χ1n) is 12.7. The minimum absolute atomic E-state index is 0.250. The Balaban J connectivity index is 1.44. The van der Waals surface area contributed by atoms with Gasteiger partial charge in [0.1, 0.15) is 12.2 Å². The van der Waals surface area contributed by atoms with Crippen molar-refractivity contribution in [3.05, 3.63) is 71.8 Å². The molecule has 2 aromatic carbocycles. The van der Waals surface area contributed by atoms with Gasteiger partial charge in [-0.05, 0) is 80.0 Å². The Morgan fingerprint density at radius 3 is 2.06 bits per heavy atom. The molecule has 0 saturated heterocycles. The van der Waals surface area contributed by atoms with Crippen LogP contribution in [-0.4, -0.2) is 24.1 Å². The quantitative estimate of drug-likeness (QED) is 0.468. The first-order chi connectivity index (χ1) is 16.2. The fraction of sp³-hybridized carbons (Fsp3) is 0.517. The average molecular weight is 447 g/mol. The van der Waals surface area contributed by atoms with Crippen molar-refractivity contribution in [2.45, 2.75) is 64.1 Å². The van der Waals surface area contributed by atoms with E-state index in [0.717, 1.165) is 37.5 Å². The lowest BCUT2D eigenvalue weighted by Crippen LogP contribution is -2.52. The van der Waals surface area contributed by atoms with E-state index in [1.807, 2.05) is 36.4 Å². The van der Waals surface area contributed by atoms with Crippen molar-refractivity contribution in [3.63, 3.8) is 0 Å². The number of carbonyl (C=O) groups is 2. The summed E-state index contributed by atoms with van der Waals surface area (Å²) >= 11 is 0. The van der Waals surface area contributed by atoms with Crippen LogP contribution in [0.4, 0.5) is 0 Å². The topological polar surface area (TPSA) is 52.6 Å². The number of esters is 2. The minimum Gasteiger partial charge on any atom is -0.455 e. The summed E-state index contributed by atoms with van der Waals surface area (Å²) in [6.07, 6.45) is 7.12. The van der Waals surface area contributed by atoms with Gasteiger partial charge in [0.05, 0.1) is 11.1 Å². The Hall–Kier alpha value is -2.62. The number of carbonyl (C=O) groups excluding carboxylic acids is 2. The molecule has 7 unspecified atom stereocenters. The molecule has 4 heteroatoms. The Morgan fingerprint density at radius 2 is 1.42 bits per heavy atom. The third kappa shape index (κ3) is 4.45. The van der Waals surface area contributed by atoms with E-state index in [2.05, 4.69) is 6.92 Å². The van der Waals surface area contributed by atoms with Crippen molar-refractivity contribution in [1.82, 2.24) is 0 Å². The zero-order chi connectivity index (χ0) is 22.8. The smallest absolute Gasteiger partial charge is 0.338 e. The van der Waals surface area contributed by atoms with Crippen LogP contribution in [0.5, 0.6) is 0 Å². The van der Waals surface area contributed by atoms with Crippen molar-refractivity contribution in [3.8, 4) is 0 Å². The van der Waals surface area contributed by atoms with E-state index in [9.17, 15) is 9.59 Å². The standard InChI is InChI=1S/C29H34O4/c1-2-3-14-23-26-22-16-15-21(17-22)24(26)18-25(32-28(30)19-10-6-4-7-11-19)27(23)33-29(31)20-12-8-5-9-13-20/h4-13,21-27H,2-3,14-18H2,1H3. The third-order valence-electron chi connectivity index (χ3n) is 8.36. The molecule has 4 nitrogen and oxygen atoms in total. The predicted octanol–water partition coefficient (Wildman–Crippen LogP) is 6.31. The fourth-order valence-corrected chi connectivity index (χ4v) is 6.99. The van der Waals surface area contributed by atoms with Gasteiger partial charge in [0.15, 0.2) is 0 Å². The van der Waals surface area contributed by atoms with Crippen LogP contribution in [0, 0.1) is 29.6 Å². The van der Waals surface area contributed by atoms with Crippen molar-refractivity contribution in [1.29, 1.82) is 0 Å². The highest BCUT2D eigenvalue weighted by Gasteiger charge is 2.58. The summed E-state index contributed by atoms with van der Waals surface area (Å²) in [6, 6.07) is 18.3. The summed E-state index contributed by atoms with van der Waals surface area (Å²) in [6.45, 7) is 2.21. The molecule has 5 rings (SSSR count). The van der Waals surface area contributed by atoms with E-state index >= 15 is 0 Å². The highest BCUT2D eigenvalue weighted by atomic mass is 16.6. The summed E-state index contributed by atoms with van der Waals surface area (Å²) in [4.78, 5) is 26.1. The van der Waals surface area contributed by atoms with Crippen LogP contribution in [0.25, 0.3) is 0 Å². The van der Waals surface area contributed by atoms with E-state index in [4.69, 9.17) is 9.47 Å². The summed E-state index contributed by atoms with van der Waals surface area (Å²) in [5.41, 5.74) is 1.10. The molecule has 0 aromatic heterocycles. The van der Waals surface area contributed by atoms with E-state index in [-0.39, 0.29) is 17.9 Å². The molecule has 0 spiro atoms. The zero-order valence-corrected chi connectivity index (χ0v) is 19.4. The van der Waals surface area contributed by atoms with Gasteiger partial charge in [0, 0.05) is 5.92 Å². The van der Waals surface area contributed by atoms with Gasteiger partial charge in [-0.1, -0.05) is 56.2 Å². The minimum atomic E-state index is -0.396. The first-order valence-corrected chi connectivity index (χ1v) is 12.7. The number of fused-ring (bicyclic) bond motifs is 5. The largest absolute Gasteiger partial charge is 0.455 e. The van der Waals surface area contributed by atoms with Crippen molar-refractivity contribution < 1.29 is 19.1 Å². The normalized spacial score (nSPS) is 32.2. The van der Waals surface area contributed by atoms with Gasteiger partial charge in [-0.25, -0.2) is 9.59 Å². The Labute approximate surface area is 196 Å². The second-order valence-electron chi connectivity index (χ2n) is 10.2. The Morgan fingerprint density at radius 1 is 0.818 bits per heavy atom. The number of hydrogen-bond donors (Lipinski definition) is 0. The van der Waals surface area contributed by atoms with Crippen LogP contribution in [-0.2, 0) is 9.47 Å². The van der Waals surface area contributed by atoms with E-state index in [1.54, 1.807) is 24.3 Å². The van der Waals surface area contributed by atoms with Crippen molar-refractivity contribution in [2.24, 2.45) is 29.6 Å². The molecule has 0 aliphatic heterocycles. The van der Waals surface area contributed by atoms with Gasteiger partial charge in [0.2, 0.25) is 0 Å². The molecule has 2 bridgehead atoms. The number of hydrogen-bond acceptors (Lipinski definition) is 4. The summed E-state index contributed by atoms with van der Waals surface area (Å²) in [5, 5.41) is 0. The zero-order valence-electron chi connectivity index (χ0n) is 19.4. The Kier molecular flexibility index (Phi) is 6.52. The SMILES string of the molecule is CCCCC1C(OC(=O)c2ccccc2)C(OC(=O)c2ccccc2)CC2C3CCC(C3)C21. The van der Waals surface area contributed by atoms with E-state index in [0.29, 0.717) is 23.0 Å². The molecule has 0 N–H and O–H groups in total. The fourth-order valence-electron chi connectivity index (χ4n) is 6.99. The van der Waals surface area contributed by atoms with E-state index < -0.39 is 12.2 Å². The summed E-state index contributed by atoms with van der Waals surface area (Å²) < 4.78 is 12.4. The third-order valence-corrected chi connectivity index (χ3v) is 8.36. The van der Waals surface area contributed by atoms with Gasteiger partial charge in [-0.2, -0.15) is 0 Å². The molecule has 33 heavy (non-hydrogen) atoms. The van der Waals surface area contributed by atoms with Gasteiger partial charge in [-0.3, -0.25) is 0 Å². The van der Waals surface area contributed by atoms with Crippen LogP contribution in [0.2, 0.25) is 0 Å². The van der Waals surface area contributed by atoms with Crippen molar-refractivity contribution >= 4 is 11.9 Å². The first kappa shape index (κ1) is 22.2. The highest BCUT2D eigenvalue weighted by Crippen LogP contribution is 2.60. The number of rotatable bonds is 7. The molecular formula is C29H34O4. The molecule has 3 aliphatic carbocycles. The molecular weight excluding hydrogens is 412 g/mol. The maximum absolute atomic E-state index is 13.1. The molecule has 0 heterocycles. The lowest BCUT2D eigenvalue weighted by atomic mass is 9.62. The van der Waals surface area contributed by atoms with Crippen LogP contribution in [0.1, 0.15) is 72.6 Å². The molecule has 0 amide bonds. The second-order valence-corrected chi connectivity index (χ2v) is 10.2. The van der Waals surface area contributed by atoms with Crippen LogP contribution in [0.3, 0.4) is 0 Å². The van der Waals surface area contributed by atoms with Gasteiger partial charge in [0.25, 0.3) is 0 Å². The maximum atomic E-state index is 13.1. The van der Waals surface area contributed by atoms with Crippen LogP contribution < -0.4 is 0 Å². The molecule has 3 fully saturated rings. The van der Waals surface area contributed by atoms with E-state index in [1.165, 1.54) is 19.3 Å². The molecule has 7 atom stereocenters. The highest BCUT2D eigenvalue weighted by molar-refractivity contribution is 5.90. The number of benzene rings is 2. The summed E-state index contributed by atoms with van der Waals surface area (Å²) in [5.74, 6) is 2.22. The van der Waals surface area contributed by atoms with Gasteiger partial charge in [-0.15, -0.1) is 0 Å². The predicted molar refractivity (Wildman–Crippen MR) is 127 cm³/mol. The summed E-state index contributed by atoms with van der Waals surface area (Å²) in [7, 11) is 0. The van der Waals surface area contributed by atoms with Crippen molar-refractivity contribution in [2.75, 3.05) is 0 Å². The molecule has 3 saturated carbocycles. The molecule has 174 valence electrons. The lowest BCUT2D eigenvalue weighted by molar-refractivity contribution is -0.117. The lowest BCUT2D eigenvalue weighted by Gasteiger charge is -2.48. The van der Waals surface area contributed by atoms with Gasteiger partial charge >= 0.3 is 11.9 Å². The molecule has 2 aromatic rings. The number of ether oxygens (including phenoxy) is 2. The second kappa shape index (κ2) is 9.70. The molecule has 0 radical (unpaired) electrons. The number of unbranched alkanes of at least 4 members (excludes halogenated alkanes) is 1. The monoisotopic (exact) mass is 446 g/mol. The average Bonchev–Trinajstić information content (AvgIpc) is 3.47.